The summed E-state index contributed by atoms with van der Waals surface area (Å²) in [6.07, 6.45) is 11.4. The number of aromatic nitrogens is 3. The van der Waals surface area contributed by atoms with E-state index in [1.54, 1.807) is 6.20 Å². The Labute approximate surface area is 235 Å². The number of nitrogens with one attached hydrogen (secondary N) is 4. The molecule has 7 nitrogen and oxygen atoms in total. The standard InChI is InChI=1S/C29H30BrClN6O/c30-14-3-4-15-32-20-12-10-19(11-13-20)28(38)35-21-6-5-7-22(16-21)36-29-34-18-25(31)27(37-29)24-17-33-26-9-2-1-8-23(24)26/h1-4,8-13,17-18,21-22,32-33H,5-7,14-16H2,(H,35,38)(H,34,36,37). The van der Waals surface area contributed by atoms with Crippen molar-refractivity contribution in [1.82, 2.24) is 20.3 Å². The van der Waals surface area contributed by atoms with Crippen LogP contribution in [-0.4, -0.2) is 44.8 Å². The van der Waals surface area contributed by atoms with E-state index in [1.165, 1.54) is 0 Å². The van der Waals surface area contributed by atoms with E-state index in [0.29, 0.717) is 22.2 Å². The number of amides is 1. The van der Waals surface area contributed by atoms with E-state index in [9.17, 15) is 4.79 Å². The van der Waals surface area contributed by atoms with Gasteiger partial charge in [0.2, 0.25) is 5.95 Å². The van der Waals surface area contributed by atoms with Crippen molar-refractivity contribution < 1.29 is 4.79 Å². The number of carbonyl (C=O) groups is 1. The second-order valence-electron chi connectivity index (χ2n) is 9.40. The maximum Gasteiger partial charge on any atom is 0.251 e. The average molecular weight is 594 g/mol. The van der Waals surface area contributed by atoms with Gasteiger partial charge in [0.05, 0.1) is 16.9 Å². The number of aromatic amines is 1. The van der Waals surface area contributed by atoms with Gasteiger partial charge in [0.25, 0.3) is 5.91 Å². The van der Waals surface area contributed by atoms with Crippen LogP contribution in [0.4, 0.5) is 11.6 Å². The zero-order valence-electron chi connectivity index (χ0n) is 20.9. The number of alkyl halides is 1. The molecular formula is C29H30BrClN6O. The fourth-order valence-corrected chi connectivity index (χ4v) is 5.32. The maximum absolute atomic E-state index is 12.9. The lowest BCUT2D eigenvalue weighted by Gasteiger charge is -2.30. The fraction of sp³-hybridized carbons (Fsp3) is 0.276. The van der Waals surface area contributed by atoms with Crippen LogP contribution in [-0.2, 0) is 0 Å². The third kappa shape index (κ3) is 6.37. The molecule has 38 heavy (non-hydrogen) atoms. The van der Waals surface area contributed by atoms with Gasteiger partial charge in [-0.05, 0) is 56.0 Å². The third-order valence-corrected chi connectivity index (χ3v) is 7.41. The monoisotopic (exact) mass is 592 g/mol. The number of hydrogen-bond acceptors (Lipinski definition) is 5. The van der Waals surface area contributed by atoms with Gasteiger partial charge in [0.1, 0.15) is 0 Å². The Hall–Kier alpha value is -3.36. The Balaban J connectivity index is 1.20. The molecule has 1 saturated carbocycles. The number of para-hydroxylation sites is 1. The van der Waals surface area contributed by atoms with Crippen molar-refractivity contribution in [2.24, 2.45) is 0 Å². The van der Waals surface area contributed by atoms with Crippen molar-refractivity contribution in [2.45, 2.75) is 37.8 Å². The number of fused-ring (bicyclic) bond motifs is 1. The summed E-state index contributed by atoms with van der Waals surface area (Å²) in [6, 6.07) is 15.9. The first kappa shape index (κ1) is 26.3. The van der Waals surface area contributed by atoms with Crippen LogP contribution in [0, 0.1) is 0 Å². The van der Waals surface area contributed by atoms with Crippen molar-refractivity contribution in [3.8, 4) is 11.3 Å². The smallest absolute Gasteiger partial charge is 0.251 e. The van der Waals surface area contributed by atoms with Crippen molar-refractivity contribution >= 4 is 56.0 Å². The zero-order chi connectivity index (χ0) is 26.3. The summed E-state index contributed by atoms with van der Waals surface area (Å²) in [7, 11) is 0. The Bertz CT molecular complexity index is 1420. The molecule has 2 unspecified atom stereocenters. The molecule has 5 rings (SSSR count). The summed E-state index contributed by atoms with van der Waals surface area (Å²) < 4.78 is 0. The molecule has 1 aliphatic rings. The first-order valence-electron chi connectivity index (χ1n) is 12.8. The van der Waals surface area contributed by atoms with Crippen LogP contribution in [0.1, 0.15) is 36.0 Å². The molecule has 0 radical (unpaired) electrons. The van der Waals surface area contributed by atoms with Gasteiger partial charge in [-0.15, -0.1) is 0 Å². The lowest BCUT2D eigenvalue weighted by atomic mass is 9.91. The van der Waals surface area contributed by atoms with Crippen molar-refractivity contribution in [2.75, 3.05) is 22.5 Å². The molecule has 0 spiro atoms. The second kappa shape index (κ2) is 12.5. The lowest BCUT2D eigenvalue weighted by Crippen LogP contribution is -2.42. The van der Waals surface area contributed by atoms with Crippen LogP contribution in [0.5, 0.6) is 0 Å². The fourth-order valence-electron chi connectivity index (χ4n) is 4.86. The second-order valence-corrected chi connectivity index (χ2v) is 10.5. The van der Waals surface area contributed by atoms with E-state index >= 15 is 0 Å². The number of benzene rings is 2. The molecule has 0 aliphatic heterocycles. The van der Waals surface area contributed by atoms with Crippen LogP contribution in [0.3, 0.4) is 0 Å². The van der Waals surface area contributed by atoms with Crippen LogP contribution >= 0.6 is 27.5 Å². The summed E-state index contributed by atoms with van der Waals surface area (Å²) in [5.41, 5.74) is 4.32. The van der Waals surface area contributed by atoms with E-state index in [2.05, 4.69) is 54.0 Å². The van der Waals surface area contributed by atoms with Crippen molar-refractivity contribution in [3.63, 3.8) is 0 Å². The number of allylic oxidation sites excluding steroid dienone is 1. The zero-order valence-corrected chi connectivity index (χ0v) is 23.2. The molecular weight excluding hydrogens is 564 g/mol. The highest BCUT2D eigenvalue weighted by Gasteiger charge is 2.25. The largest absolute Gasteiger partial charge is 0.382 e. The Morgan fingerprint density at radius 1 is 1.11 bits per heavy atom. The summed E-state index contributed by atoms with van der Waals surface area (Å²) in [4.78, 5) is 25.4. The molecule has 2 aromatic heterocycles. The molecule has 2 heterocycles. The van der Waals surface area contributed by atoms with Gasteiger partial charge >= 0.3 is 0 Å². The minimum absolute atomic E-state index is 0.0502. The van der Waals surface area contributed by atoms with Crippen LogP contribution in [0.2, 0.25) is 5.02 Å². The highest BCUT2D eigenvalue weighted by atomic mass is 79.9. The number of rotatable bonds is 9. The van der Waals surface area contributed by atoms with Gasteiger partial charge in [-0.2, -0.15) is 0 Å². The molecule has 1 amide bonds. The van der Waals surface area contributed by atoms with E-state index in [0.717, 1.165) is 59.7 Å². The van der Waals surface area contributed by atoms with E-state index in [-0.39, 0.29) is 18.0 Å². The Morgan fingerprint density at radius 2 is 1.92 bits per heavy atom. The van der Waals surface area contributed by atoms with E-state index in [4.69, 9.17) is 16.6 Å². The molecule has 4 aromatic rings. The van der Waals surface area contributed by atoms with E-state index < -0.39 is 0 Å². The molecule has 2 atom stereocenters. The molecule has 2 aromatic carbocycles. The quantitative estimate of drug-likeness (QED) is 0.127. The predicted octanol–water partition coefficient (Wildman–Crippen LogP) is 6.79. The first-order valence-corrected chi connectivity index (χ1v) is 14.3. The van der Waals surface area contributed by atoms with Gasteiger partial charge in [-0.1, -0.05) is 57.9 Å². The van der Waals surface area contributed by atoms with Crippen molar-refractivity contribution in [3.05, 3.63) is 83.7 Å². The van der Waals surface area contributed by atoms with Crippen LogP contribution in [0.15, 0.2) is 73.1 Å². The number of nitrogens with zero attached hydrogens (tertiary/aromatic N) is 2. The van der Waals surface area contributed by atoms with Gasteiger partial charge in [0.15, 0.2) is 0 Å². The van der Waals surface area contributed by atoms with Crippen molar-refractivity contribution in [1.29, 1.82) is 0 Å². The molecule has 0 bridgehead atoms. The summed E-state index contributed by atoms with van der Waals surface area (Å²) in [5, 5.41) is 12.4. The molecule has 9 heteroatoms. The van der Waals surface area contributed by atoms with Gasteiger partial charge in [-0.25, -0.2) is 9.97 Å². The number of halogens is 2. The average Bonchev–Trinajstić information content (AvgIpc) is 3.37. The van der Waals surface area contributed by atoms with Crippen LogP contribution in [0.25, 0.3) is 22.2 Å². The third-order valence-electron chi connectivity index (χ3n) is 6.76. The first-order chi connectivity index (χ1) is 18.6. The van der Waals surface area contributed by atoms with Gasteiger partial charge in [-0.3, -0.25) is 4.79 Å². The normalized spacial score (nSPS) is 17.5. The predicted molar refractivity (Wildman–Crippen MR) is 159 cm³/mol. The minimum Gasteiger partial charge on any atom is -0.382 e. The number of hydrogen-bond donors (Lipinski definition) is 4. The molecule has 196 valence electrons. The molecule has 0 saturated heterocycles. The van der Waals surface area contributed by atoms with Gasteiger partial charge in [0, 0.05) is 57.9 Å². The number of anilines is 2. The summed E-state index contributed by atoms with van der Waals surface area (Å²) >= 11 is 9.86. The number of H-pyrrole nitrogens is 1. The maximum atomic E-state index is 12.9. The summed E-state index contributed by atoms with van der Waals surface area (Å²) in [6.45, 7) is 0.744. The Kier molecular flexibility index (Phi) is 8.61. The minimum atomic E-state index is -0.0502. The SMILES string of the molecule is O=C(NC1CCCC(Nc2ncc(Cl)c(-c3c[nH]c4ccccc34)n2)C1)c1ccc(NCC=CCBr)cc1. The summed E-state index contributed by atoms with van der Waals surface area (Å²) in [5.74, 6) is 0.492. The highest BCUT2D eigenvalue weighted by Crippen LogP contribution is 2.32. The highest BCUT2D eigenvalue weighted by molar-refractivity contribution is 9.09. The molecule has 1 fully saturated rings. The van der Waals surface area contributed by atoms with E-state index in [1.807, 2.05) is 54.7 Å². The topological polar surface area (TPSA) is 94.7 Å². The Morgan fingerprint density at radius 3 is 2.76 bits per heavy atom. The van der Waals surface area contributed by atoms with Crippen LogP contribution < -0.4 is 16.0 Å². The number of carbonyl (C=O) groups excluding carboxylic acids is 1. The molecule has 1 aliphatic carbocycles. The molecule has 4 N–H and O–H groups in total. The lowest BCUT2D eigenvalue weighted by molar-refractivity contribution is 0.0926. The van der Waals surface area contributed by atoms with Gasteiger partial charge < -0.3 is 20.9 Å².